The second kappa shape index (κ2) is 9.19. The van der Waals surface area contributed by atoms with Crippen LogP contribution in [0.5, 0.6) is 0 Å². The number of nitrogens with one attached hydrogen (secondary N) is 2. The van der Waals surface area contributed by atoms with E-state index >= 15 is 0 Å². The van der Waals surface area contributed by atoms with Crippen LogP contribution in [0.1, 0.15) is 37.3 Å². The molecule has 2 aliphatic rings. The second-order valence-corrected chi connectivity index (χ2v) is 10.7. The fourth-order valence-electron chi connectivity index (χ4n) is 4.35. The summed E-state index contributed by atoms with van der Waals surface area (Å²) in [6.45, 7) is 3.77. The number of piperidine rings is 1. The lowest BCUT2D eigenvalue weighted by atomic mass is 9.92. The Morgan fingerprint density at radius 3 is 2.41 bits per heavy atom. The molecule has 0 saturated carbocycles. The molecule has 0 aliphatic carbocycles. The standard InChI is InChI=1S/C24H28N4O5S/c1-17-11-12-19(15-20(17)34(32,33)27-13-7-4-8-14-27)25-21(29)16-28-22(30)24(2,26-23(28)31)18-9-5-3-6-10-18/h3,5-6,9-12,15H,4,7-8,13-14,16H2,1-2H3,(H,25,29)(H,26,31). The van der Waals surface area contributed by atoms with Gasteiger partial charge in [0.25, 0.3) is 5.91 Å². The van der Waals surface area contributed by atoms with Crippen molar-refractivity contribution in [3.8, 4) is 0 Å². The normalized spacial score (nSPS) is 21.4. The number of benzene rings is 2. The molecular formula is C24H28N4O5S. The molecule has 180 valence electrons. The molecule has 9 nitrogen and oxygen atoms in total. The van der Waals surface area contributed by atoms with E-state index in [9.17, 15) is 22.8 Å². The Balaban J connectivity index is 1.49. The number of nitrogens with zero attached hydrogens (tertiary/aromatic N) is 2. The van der Waals surface area contributed by atoms with Gasteiger partial charge in [0.1, 0.15) is 12.1 Å². The average molecular weight is 485 g/mol. The molecule has 2 aromatic carbocycles. The maximum atomic E-state index is 13.1. The van der Waals surface area contributed by atoms with Gasteiger partial charge in [-0.2, -0.15) is 4.31 Å². The SMILES string of the molecule is Cc1ccc(NC(=O)CN2C(=O)NC(C)(c3ccccc3)C2=O)cc1S(=O)(=O)N1CCCCC1. The maximum Gasteiger partial charge on any atom is 0.325 e. The van der Waals surface area contributed by atoms with Crippen molar-refractivity contribution in [1.29, 1.82) is 0 Å². The maximum absolute atomic E-state index is 13.1. The molecule has 0 bridgehead atoms. The molecule has 1 atom stereocenters. The molecule has 0 radical (unpaired) electrons. The molecule has 4 amide bonds. The Morgan fingerprint density at radius 1 is 1.06 bits per heavy atom. The predicted octanol–water partition coefficient (Wildman–Crippen LogP) is 2.58. The van der Waals surface area contributed by atoms with Crippen LogP contribution in [0.4, 0.5) is 10.5 Å². The zero-order valence-electron chi connectivity index (χ0n) is 19.2. The number of carbonyl (C=O) groups excluding carboxylic acids is 3. The number of hydrogen-bond donors (Lipinski definition) is 2. The fourth-order valence-corrected chi connectivity index (χ4v) is 6.12. The first-order chi connectivity index (χ1) is 16.1. The van der Waals surface area contributed by atoms with Gasteiger partial charge in [-0.1, -0.05) is 42.8 Å². The molecule has 34 heavy (non-hydrogen) atoms. The van der Waals surface area contributed by atoms with E-state index in [1.807, 2.05) is 0 Å². The first kappa shape index (κ1) is 23.9. The summed E-state index contributed by atoms with van der Waals surface area (Å²) in [5.74, 6) is -1.14. The predicted molar refractivity (Wildman–Crippen MR) is 126 cm³/mol. The van der Waals surface area contributed by atoms with E-state index in [2.05, 4.69) is 10.6 Å². The highest BCUT2D eigenvalue weighted by Crippen LogP contribution is 2.29. The van der Waals surface area contributed by atoms with Gasteiger partial charge < -0.3 is 10.6 Å². The molecule has 2 aromatic rings. The van der Waals surface area contributed by atoms with E-state index in [0.717, 1.165) is 24.2 Å². The van der Waals surface area contributed by atoms with Crippen LogP contribution in [-0.2, 0) is 25.2 Å². The van der Waals surface area contributed by atoms with E-state index in [-0.39, 0.29) is 10.6 Å². The number of aryl methyl sites for hydroxylation is 1. The number of amides is 4. The van der Waals surface area contributed by atoms with E-state index < -0.39 is 40.0 Å². The van der Waals surface area contributed by atoms with Gasteiger partial charge in [-0.25, -0.2) is 13.2 Å². The molecule has 2 N–H and O–H groups in total. The van der Waals surface area contributed by atoms with E-state index in [1.54, 1.807) is 56.3 Å². The molecule has 0 spiro atoms. The zero-order chi connectivity index (χ0) is 24.5. The Kier molecular flexibility index (Phi) is 6.46. The third kappa shape index (κ3) is 4.43. The van der Waals surface area contributed by atoms with Gasteiger partial charge in [0.2, 0.25) is 15.9 Å². The fraction of sp³-hybridized carbons (Fsp3) is 0.375. The lowest BCUT2D eigenvalue weighted by molar-refractivity contribution is -0.133. The van der Waals surface area contributed by atoms with Crippen LogP contribution >= 0.6 is 0 Å². The summed E-state index contributed by atoms with van der Waals surface area (Å²) in [5.41, 5.74) is 0.209. The number of rotatable bonds is 6. The van der Waals surface area contributed by atoms with Crippen LogP contribution in [0.2, 0.25) is 0 Å². The summed E-state index contributed by atoms with van der Waals surface area (Å²) in [5, 5.41) is 5.28. The number of sulfonamides is 1. The number of hydrogen-bond acceptors (Lipinski definition) is 5. The molecule has 4 rings (SSSR count). The van der Waals surface area contributed by atoms with E-state index in [4.69, 9.17) is 0 Å². The highest BCUT2D eigenvalue weighted by Gasteiger charge is 2.49. The summed E-state index contributed by atoms with van der Waals surface area (Å²) in [6, 6.07) is 12.8. The van der Waals surface area contributed by atoms with Gasteiger partial charge in [-0.15, -0.1) is 0 Å². The molecule has 0 aromatic heterocycles. The van der Waals surface area contributed by atoms with Crippen molar-refractivity contribution in [2.24, 2.45) is 0 Å². The van der Waals surface area contributed by atoms with Crippen molar-refractivity contribution in [1.82, 2.24) is 14.5 Å². The molecule has 10 heteroatoms. The quantitative estimate of drug-likeness (QED) is 0.612. The molecule has 1 unspecified atom stereocenters. The summed E-state index contributed by atoms with van der Waals surface area (Å²) in [6.07, 6.45) is 2.65. The van der Waals surface area contributed by atoms with Gasteiger partial charge in [0.15, 0.2) is 0 Å². The van der Waals surface area contributed by atoms with Gasteiger partial charge in [0.05, 0.1) is 4.90 Å². The summed E-state index contributed by atoms with van der Waals surface area (Å²) >= 11 is 0. The van der Waals surface area contributed by atoms with Crippen LogP contribution in [0.3, 0.4) is 0 Å². The minimum Gasteiger partial charge on any atom is -0.324 e. The lowest BCUT2D eigenvalue weighted by Crippen LogP contribution is -2.42. The van der Waals surface area contributed by atoms with Crippen LogP contribution in [0.25, 0.3) is 0 Å². The number of imide groups is 1. The summed E-state index contributed by atoms with van der Waals surface area (Å²) in [4.78, 5) is 39.2. The lowest BCUT2D eigenvalue weighted by Gasteiger charge is -2.26. The molecule has 2 fully saturated rings. The topological polar surface area (TPSA) is 116 Å². The zero-order valence-corrected chi connectivity index (χ0v) is 20.0. The molecular weight excluding hydrogens is 456 g/mol. The number of anilines is 1. The molecule has 2 saturated heterocycles. The second-order valence-electron chi connectivity index (χ2n) is 8.81. The van der Waals surface area contributed by atoms with Gasteiger partial charge in [0, 0.05) is 18.8 Å². The average Bonchev–Trinajstić information content (AvgIpc) is 3.05. The smallest absolute Gasteiger partial charge is 0.324 e. The summed E-state index contributed by atoms with van der Waals surface area (Å²) < 4.78 is 27.7. The molecule has 2 aliphatic heterocycles. The highest BCUT2D eigenvalue weighted by molar-refractivity contribution is 7.89. The third-order valence-electron chi connectivity index (χ3n) is 6.33. The highest BCUT2D eigenvalue weighted by atomic mass is 32.2. The minimum absolute atomic E-state index is 0.138. The van der Waals surface area contributed by atoms with Gasteiger partial charge in [-0.3, -0.25) is 14.5 Å². The van der Waals surface area contributed by atoms with Crippen LogP contribution in [0.15, 0.2) is 53.4 Å². The third-order valence-corrected chi connectivity index (χ3v) is 8.37. The van der Waals surface area contributed by atoms with Crippen LogP contribution in [-0.4, -0.2) is 55.1 Å². The Morgan fingerprint density at radius 2 is 1.74 bits per heavy atom. The first-order valence-electron chi connectivity index (χ1n) is 11.2. The Bertz CT molecular complexity index is 1230. The number of carbonyl (C=O) groups is 3. The van der Waals surface area contributed by atoms with E-state index in [1.165, 1.54) is 10.4 Å². The monoisotopic (exact) mass is 484 g/mol. The van der Waals surface area contributed by atoms with Gasteiger partial charge >= 0.3 is 6.03 Å². The van der Waals surface area contributed by atoms with Crippen molar-refractivity contribution < 1.29 is 22.8 Å². The largest absolute Gasteiger partial charge is 0.325 e. The van der Waals surface area contributed by atoms with Crippen molar-refractivity contribution >= 4 is 33.6 Å². The van der Waals surface area contributed by atoms with Crippen molar-refractivity contribution in [2.45, 2.75) is 43.5 Å². The Labute approximate surface area is 199 Å². The van der Waals surface area contributed by atoms with Crippen molar-refractivity contribution in [3.05, 3.63) is 59.7 Å². The van der Waals surface area contributed by atoms with Crippen molar-refractivity contribution in [3.63, 3.8) is 0 Å². The van der Waals surface area contributed by atoms with Crippen LogP contribution in [0, 0.1) is 6.92 Å². The van der Waals surface area contributed by atoms with E-state index in [0.29, 0.717) is 24.2 Å². The first-order valence-corrected chi connectivity index (χ1v) is 12.7. The van der Waals surface area contributed by atoms with Crippen LogP contribution < -0.4 is 10.6 Å². The minimum atomic E-state index is -3.68. The number of urea groups is 1. The molecule has 2 heterocycles. The summed E-state index contributed by atoms with van der Waals surface area (Å²) in [7, 11) is -3.68. The van der Waals surface area contributed by atoms with Crippen molar-refractivity contribution in [2.75, 3.05) is 25.0 Å². The van der Waals surface area contributed by atoms with Gasteiger partial charge in [-0.05, 0) is 49.9 Å². The Hall–Kier alpha value is -3.24.